The van der Waals surface area contributed by atoms with Crippen LogP contribution < -0.4 is 9.47 Å². The highest BCUT2D eigenvalue weighted by atomic mass is 16.5. The fourth-order valence-electron chi connectivity index (χ4n) is 1.40. The maximum atomic E-state index is 11.3. The summed E-state index contributed by atoms with van der Waals surface area (Å²) >= 11 is 0. The second kappa shape index (κ2) is 5.90. The summed E-state index contributed by atoms with van der Waals surface area (Å²) in [6.45, 7) is 0. The topological polar surface area (TPSA) is 71.4 Å². The molecule has 0 atom stereocenters. The smallest absolute Gasteiger partial charge is 0.341 e. The quantitative estimate of drug-likeness (QED) is 0.637. The van der Waals surface area contributed by atoms with Gasteiger partial charge in [-0.25, -0.2) is 9.79 Å². The van der Waals surface area contributed by atoms with E-state index in [4.69, 9.17) is 9.47 Å². The van der Waals surface area contributed by atoms with Gasteiger partial charge in [-0.1, -0.05) is 0 Å². The molecule has 0 aliphatic carbocycles. The minimum atomic E-state index is -1.11. The van der Waals surface area contributed by atoms with Crippen LogP contribution in [0.2, 0.25) is 0 Å². The van der Waals surface area contributed by atoms with Crippen LogP contribution >= 0.6 is 0 Å². The van der Waals surface area contributed by atoms with E-state index in [1.807, 2.05) is 0 Å². The predicted molar refractivity (Wildman–Crippen MR) is 68.3 cm³/mol. The lowest BCUT2D eigenvalue weighted by atomic mass is 10.1. The molecule has 0 saturated carbocycles. The number of hydrogen-bond acceptors (Lipinski definition) is 4. The van der Waals surface area contributed by atoms with Crippen LogP contribution in [0.15, 0.2) is 17.1 Å². The second-order valence-electron chi connectivity index (χ2n) is 3.71. The number of carboxylic acids is 1. The number of rotatable bonds is 5. The van der Waals surface area contributed by atoms with Crippen LogP contribution in [0.4, 0.5) is 5.69 Å². The molecule has 98 valence electrons. The number of aliphatic imine (C=N–C) groups is 1. The molecule has 1 N–H and O–H groups in total. The Hall–Kier alpha value is -2.24. The Labute approximate surface area is 105 Å². The van der Waals surface area contributed by atoms with E-state index >= 15 is 0 Å². The average Bonchev–Trinajstić information content (AvgIpc) is 2.34. The van der Waals surface area contributed by atoms with Crippen molar-refractivity contribution in [3.8, 4) is 11.5 Å². The standard InChI is InChI=1S/C12H16N2O4/c1-14(2)7-13-11-9(18-4)6-5-8(17-3)10(11)12(15)16/h5-7H,1-4H3,(H,15,16). The summed E-state index contributed by atoms with van der Waals surface area (Å²) in [5, 5.41) is 9.24. The summed E-state index contributed by atoms with van der Waals surface area (Å²) in [6.07, 6.45) is 1.50. The highest BCUT2D eigenvalue weighted by molar-refractivity contribution is 5.98. The summed E-state index contributed by atoms with van der Waals surface area (Å²) in [4.78, 5) is 17.1. The second-order valence-corrected chi connectivity index (χ2v) is 3.71. The molecule has 6 nitrogen and oxygen atoms in total. The normalized spacial score (nSPS) is 10.4. The van der Waals surface area contributed by atoms with Crippen LogP contribution in [0, 0.1) is 0 Å². The highest BCUT2D eigenvalue weighted by Crippen LogP contribution is 2.37. The zero-order valence-corrected chi connectivity index (χ0v) is 10.8. The molecule has 0 aromatic heterocycles. The van der Waals surface area contributed by atoms with Crippen molar-refractivity contribution >= 4 is 18.0 Å². The van der Waals surface area contributed by atoms with Crippen molar-refractivity contribution in [2.24, 2.45) is 4.99 Å². The van der Waals surface area contributed by atoms with Crippen molar-refractivity contribution in [2.45, 2.75) is 0 Å². The summed E-state index contributed by atoms with van der Waals surface area (Å²) < 4.78 is 10.1. The Kier molecular flexibility index (Phi) is 4.53. The van der Waals surface area contributed by atoms with Gasteiger partial charge in [0.15, 0.2) is 0 Å². The molecule has 0 amide bonds. The lowest BCUT2D eigenvalue weighted by molar-refractivity contribution is 0.0694. The molecule has 0 fully saturated rings. The van der Waals surface area contributed by atoms with Crippen molar-refractivity contribution < 1.29 is 19.4 Å². The Balaban J connectivity index is 3.45. The molecule has 0 heterocycles. The molecule has 1 aromatic rings. The number of carbonyl (C=O) groups is 1. The molecular formula is C12H16N2O4. The molecule has 0 bridgehead atoms. The van der Waals surface area contributed by atoms with Gasteiger partial charge in [-0.3, -0.25) is 0 Å². The van der Waals surface area contributed by atoms with Crippen LogP contribution in [0.3, 0.4) is 0 Å². The van der Waals surface area contributed by atoms with Gasteiger partial charge in [-0.2, -0.15) is 0 Å². The van der Waals surface area contributed by atoms with E-state index in [1.54, 1.807) is 25.1 Å². The highest BCUT2D eigenvalue weighted by Gasteiger charge is 2.20. The van der Waals surface area contributed by atoms with Gasteiger partial charge in [0.05, 0.1) is 20.6 Å². The number of nitrogens with zero attached hydrogens (tertiary/aromatic N) is 2. The zero-order chi connectivity index (χ0) is 13.7. The first-order valence-corrected chi connectivity index (χ1v) is 5.20. The lowest BCUT2D eigenvalue weighted by Crippen LogP contribution is -2.08. The van der Waals surface area contributed by atoms with Crippen LogP contribution in [0.5, 0.6) is 11.5 Å². The SMILES string of the molecule is COc1ccc(OC)c(C(=O)O)c1N=CN(C)C. The first-order chi connectivity index (χ1) is 8.51. The molecule has 0 spiro atoms. The zero-order valence-electron chi connectivity index (χ0n) is 10.8. The number of benzene rings is 1. The Bertz CT molecular complexity index is 469. The molecule has 6 heteroatoms. The van der Waals surface area contributed by atoms with E-state index in [2.05, 4.69) is 4.99 Å². The van der Waals surface area contributed by atoms with Gasteiger partial charge in [0.25, 0.3) is 0 Å². The summed E-state index contributed by atoms with van der Waals surface area (Å²) in [6, 6.07) is 3.16. The average molecular weight is 252 g/mol. The third-order valence-electron chi connectivity index (χ3n) is 2.17. The summed E-state index contributed by atoms with van der Waals surface area (Å²) in [5.74, 6) is -0.489. The summed E-state index contributed by atoms with van der Waals surface area (Å²) in [7, 11) is 6.45. The molecule has 0 aliphatic rings. The van der Waals surface area contributed by atoms with E-state index in [0.717, 1.165) is 0 Å². The molecule has 0 unspecified atom stereocenters. The number of methoxy groups -OCH3 is 2. The van der Waals surface area contributed by atoms with E-state index in [0.29, 0.717) is 5.75 Å². The number of aromatic carboxylic acids is 1. The van der Waals surface area contributed by atoms with Crippen LogP contribution in [-0.2, 0) is 0 Å². The molecule has 0 aliphatic heterocycles. The molecule has 0 saturated heterocycles. The molecule has 1 aromatic carbocycles. The molecule has 0 radical (unpaired) electrons. The van der Waals surface area contributed by atoms with E-state index in [9.17, 15) is 9.90 Å². The van der Waals surface area contributed by atoms with Crippen LogP contribution in [-0.4, -0.2) is 50.6 Å². The van der Waals surface area contributed by atoms with Gasteiger partial charge in [0, 0.05) is 14.1 Å². The maximum Gasteiger partial charge on any atom is 0.341 e. The fourth-order valence-corrected chi connectivity index (χ4v) is 1.40. The largest absolute Gasteiger partial charge is 0.496 e. The summed E-state index contributed by atoms with van der Waals surface area (Å²) in [5.41, 5.74) is 0.216. The van der Waals surface area contributed by atoms with Crippen LogP contribution in [0.1, 0.15) is 10.4 Å². The van der Waals surface area contributed by atoms with Gasteiger partial charge in [-0.15, -0.1) is 0 Å². The fraction of sp³-hybridized carbons (Fsp3) is 0.333. The van der Waals surface area contributed by atoms with Gasteiger partial charge in [0.1, 0.15) is 22.7 Å². The Morgan fingerprint density at radius 3 is 2.28 bits per heavy atom. The first-order valence-electron chi connectivity index (χ1n) is 5.20. The van der Waals surface area contributed by atoms with E-state index in [-0.39, 0.29) is 17.0 Å². The first kappa shape index (κ1) is 13.8. The number of hydrogen-bond donors (Lipinski definition) is 1. The monoisotopic (exact) mass is 252 g/mol. The lowest BCUT2D eigenvalue weighted by Gasteiger charge is -2.12. The molecule has 18 heavy (non-hydrogen) atoms. The van der Waals surface area contributed by atoms with Gasteiger partial charge in [-0.05, 0) is 12.1 Å². The minimum absolute atomic E-state index is 0.0186. The number of ether oxygens (including phenoxy) is 2. The Morgan fingerprint density at radius 1 is 1.28 bits per heavy atom. The van der Waals surface area contributed by atoms with Gasteiger partial charge < -0.3 is 19.5 Å². The van der Waals surface area contributed by atoms with Crippen molar-refractivity contribution in [2.75, 3.05) is 28.3 Å². The third kappa shape index (κ3) is 2.91. The third-order valence-corrected chi connectivity index (χ3v) is 2.17. The van der Waals surface area contributed by atoms with Crippen molar-refractivity contribution in [1.29, 1.82) is 0 Å². The number of carboxylic acid groups (broad SMARTS) is 1. The minimum Gasteiger partial charge on any atom is -0.496 e. The van der Waals surface area contributed by atoms with Crippen molar-refractivity contribution in [1.82, 2.24) is 4.90 Å². The maximum absolute atomic E-state index is 11.3. The van der Waals surface area contributed by atoms with Gasteiger partial charge in [0.2, 0.25) is 0 Å². The molecule has 1 rings (SSSR count). The predicted octanol–water partition coefficient (Wildman–Crippen LogP) is 1.62. The molecular weight excluding hydrogens is 236 g/mol. The van der Waals surface area contributed by atoms with Crippen molar-refractivity contribution in [3.05, 3.63) is 17.7 Å². The Morgan fingerprint density at radius 2 is 1.83 bits per heavy atom. The van der Waals surface area contributed by atoms with Crippen LogP contribution in [0.25, 0.3) is 0 Å². The van der Waals surface area contributed by atoms with Crippen molar-refractivity contribution in [3.63, 3.8) is 0 Å². The van der Waals surface area contributed by atoms with E-state index < -0.39 is 5.97 Å². The van der Waals surface area contributed by atoms with Gasteiger partial charge >= 0.3 is 5.97 Å². The van der Waals surface area contributed by atoms with E-state index in [1.165, 1.54) is 26.6 Å².